The van der Waals surface area contributed by atoms with E-state index in [-0.39, 0.29) is 0 Å². The average Bonchev–Trinajstić information content (AvgIpc) is 3.09. The van der Waals surface area contributed by atoms with Crippen LogP contribution in [0.4, 0.5) is 0 Å². The second-order valence-corrected chi connectivity index (χ2v) is 7.16. The number of unbranched alkanes of at least 4 members (excludes halogenated alkanes) is 9. The van der Waals surface area contributed by atoms with Gasteiger partial charge < -0.3 is 9.47 Å². The molecule has 1 aromatic carbocycles. The monoisotopic (exact) mass is 346 g/mol. The lowest BCUT2D eigenvalue weighted by molar-refractivity contribution is -0.119. The van der Waals surface area contributed by atoms with Gasteiger partial charge in [-0.15, -0.1) is 0 Å². The Morgan fingerprint density at radius 3 is 2.20 bits per heavy atom. The molecule has 0 N–H and O–H groups in total. The number of ketones is 1. The molecule has 0 spiro atoms. The fourth-order valence-corrected chi connectivity index (χ4v) is 3.31. The van der Waals surface area contributed by atoms with Gasteiger partial charge in [0, 0.05) is 12.8 Å². The van der Waals surface area contributed by atoms with Crippen LogP contribution in [0.3, 0.4) is 0 Å². The number of benzene rings is 1. The van der Waals surface area contributed by atoms with E-state index < -0.39 is 0 Å². The van der Waals surface area contributed by atoms with E-state index >= 15 is 0 Å². The molecule has 1 aliphatic rings. The number of carbonyl (C=O) groups excluding carboxylic acids is 1. The predicted molar refractivity (Wildman–Crippen MR) is 102 cm³/mol. The van der Waals surface area contributed by atoms with Crippen molar-refractivity contribution < 1.29 is 14.3 Å². The summed E-state index contributed by atoms with van der Waals surface area (Å²) in [5.41, 5.74) is 1.15. The third kappa shape index (κ3) is 7.94. The summed E-state index contributed by atoms with van der Waals surface area (Å²) in [6.07, 6.45) is 15.3. The third-order valence-electron chi connectivity index (χ3n) is 4.94. The molecule has 0 bridgehead atoms. The maximum Gasteiger partial charge on any atom is 0.231 e. The number of ether oxygens (including phenoxy) is 2. The van der Waals surface area contributed by atoms with Gasteiger partial charge in [0.2, 0.25) is 6.79 Å². The normalized spacial score (nSPS) is 12.5. The molecule has 0 radical (unpaired) electrons. The maximum absolute atomic E-state index is 12.0. The first kappa shape index (κ1) is 19.8. The molecule has 1 heterocycles. The summed E-state index contributed by atoms with van der Waals surface area (Å²) in [6, 6.07) is 5.96. The fraction of sp³-hybridized carbons (Fsp3) is 0.682. The van der Waals surface area contributed by atoms with Gasteiger partial charge in [0.05, 0.1) is 0 Å². The van der Waals surface area contributed by atoms with Crippen LogP contribution >= 0.6 is 0 Å². The highest BCUT2D eigenvalue weighted by Gasteiger charge is 2.13. The van der Waals surface area contributed by atoms with Gasteiger partial charge in [0.1, 0.15) is 5.78 Å². The molecule has 25 heavy (non-hydrogen) atoms. The number of fused-ring (bicyclic) bond motifs is 1. The molecule has 0 aromatic heterocycles. The lowest BCUT2D eigenvalue weighted by atomic mass is 10.0. The molecule has 0 fully saturated rings. The van der Waals surface area contributed by atoms with Gasteiger partial charge in [-0.05, 0) is 30.5 Å². The minimum Gasteiger partial charge on any atom is -0.454 e. The first-order valence-electron chi connectivity index (χ1n) is 10.2. The molecule has 3 heteroatoms. The Kier molecular flexibility index (Phi) is 9.46. The van der Waals surface area contributed by atoms with E-state index in [0.29, 0.717) is 19.0 Å². The Hall–Kier alpha value is -1.51. The summed E-state index contributed by atoms with van der Waals surface area (Å²) >= 11 is 0. The van der Waals surface area contributed by atoms with E-state index in [0.717, 1.165) is 36.3 Å². The molecule has 0 saturated carbocycles. The highest BCUT2D eigenvalue weighted by atomic mass is 16.7. The van der Waals surface area contributed by atoms with Crippen molar-refractivity contribution in [2.45, 2.75) is 90.4 Å². The Labute approximate surface area is 153 Å². The molecule has 0 amide bonds. The Bertz CT molecular complexity index is 510. The SMILES string of the molecule is CCCCCCCCCCCCC(=O)CCc1ccc2c(c1)OCO2. The van der Waals surface area contributed by atoms with Crippen molar-refractivity contribution in [3.8, 4) is 11.5 Å². The summed E-state index contributed by atoms with van der Waals surface area (Å²) in [5, 5.41) is 0. The van der Waals surface area contributed by atoms with Crippen LogP contribution in [-0.4, -0.2) is 12.6 Å². The number of carbonyl (C=O) groups is 1. The Balaban J connectivity index is 1.45. The summed E-state index contributed by atoms with van der Waals surface area (Å²) in [6.45, 7) is 2.56. The second-order valence-electron chi connectivity index (χ2n) is 7.16. The lowest BCUT2D eigenvalue weighted by Gasteiger charge is -2.04. The molecule has 1 aromatic rings. The van der Waals surface area contributed by atoms with Crippen LogP contribution in [0.15, 0.2) is 18.2 Å². The molecule has 140 valence electrons. The summed E-state index contributed by atoms with van der Waals surface area (Å²) < 4.78 is 10.7. The van der Waals surface area contributed by atoms with E-state index in [9.17, 15) is 4.79 Å². The quantitative estimate of drug-likeness (QED) is 0.375. The van der Waals surface area contributed by atoms with Gasteiger partial charge >= 0.3 is 0 Å². The van der Waals surface area contributed by atoms with Crippen LogP contribution in [-0.2, 0) is 11.2 Å². The summed E-state index contributed by atoms with van der Waals surface area (Å²) in [5.74, 6) is 2.00. The van der Waals surface area contributed by atoms with Crippen molar-refractivity contribution in [2.75, 3.05) is 6.79 Å². The topological polar surface area (TPSA) is 35.5 Å². The minimum absolute atomic E-state index is 0.302. The van der Waals surface area contributed by atoms with E-state index in [1.165, 1.54) is 57.8 Å². The number of hydrogen-bond donors (Lipinski definition) is 0. The Morgan fingerprint density at radius 2 is 1.48 bits per heavy atom. The molecule has 0 unspecified atom stereocenters. The van der Waals surface area contributed by atoms with Gasteiger partial charge in [-0.3, -0.25) is 4.79 Å². The second kappa shape index (κ2) is 11.9. The number of hydrogen-bond acceptors (Lipinski definition) is 3. The molecular formula is C22H34O3. The van der Waals surface area contributed by atoms with Gasteiger partial charge in [0.15, 0.2) is 11.5 Å². The van der Waals surface area contributed by atoms with Crippen LogP contribution in [0.5, 0.6) is 11.5 Å². The van der Waals surface area contributed by atoms with E-state index in [4.69, 9.17) is 9.47 Å². The van der Waals surface area contributed by atoms with Crippen LogP contribution in [0.2, 0.25) is 0 Å². The zero-order valence-corrected chi connectivity index (χ0v) is 15.9. The highest BCUT2D eigenvalue weighted by molar-refractivity contribution is 5.78. The summed E-state index contributed by atoms with van der Waals surface area (Å²) in [4.78, 5) is 12.0. The van der Waals surface area contributed by atoms with Crippen LogP contribution < -0.4 is 9.47 Å². The number of Topliss-reactive ketones (excluding diaryl/α,β-unsaturated/α-hetero) is 1. The van der Waals surface area contributed by atoms with Gasteiger partial charge in [-0.25, -0.2) is 0 Å². The van der Waals surface area contributed by atoms with Crippen molar-refractivity contribution in [3.63, 3.8) is 0 Å². The molecular weight excluding hydrogens is 312 g/mol. The van der Waals surface area contributed by atoms with E-state index in [1.54, 1.807) is 0 Å². The molecule has 3 nitrogen and oxygen atoms in total. The minimum atomic E-state index is 0.302. The maximum atomic E-state index is 12.0. The molecule has 2 rings (SSSR count). The standard InChI is InChI=1S/C22H34O3/c1-2-3-4-5-6-7-8-9-10-11-12-20(23)15-13-19-14-16-21-22(17-19)25-18-24-21/h14,16-17H,2-13,15,18H2,1H3. The van der Waals surface area contributed by atoms with E-state index in [1.807, 2.05) is 18.2 Å². The van der Waals surface area contributed by atoms with Crippen LogP contribution in [0, 0.1) is 0 Å². The van der Waals surface area contributed by atoms with Gasteiger partial charge in [-0.1, -0.05) is 70.8 Å². The number of aryl methyl sites for hydroxylation is 1. The third-order valence-corrected chi connectivity index (χ3v) is 4.94. The smallest absolute Gasteiger partial charge is 0.231 e. The summed E-state index contributed by atoms with van der Waals surface area (Å²) in [7, 11) is 0. The predicted octanol–water partition coefficient (Wildman–Crippen LogP) is 6.23. The molecule has 1 aliphatic heterocycles. The van der Waals surface area contributed by atoms with Crippen LogP contribution in [0.1, 0.15) is 89.5 Å². The van der Waals surface area contributed by atoms with E-state index in [2.05, 4.69) is 6.92 Å². The van der Waals surface area contributed by atoms with Crippen LogP contribution in [0.25, 0.3) is 0 Å². The van der Waals surface area contributed by atoms with Crippen molar-refractivity contribution >= 4 is 5.78 Å². The van der Waals surface area contributed by atoms with Crippen molar-refractivity contribution in [2.24, 2.45) is 0 Å². The van der Waals surface area contributed by atoms with Crippen molar-refractivity contribution in [1.82, 2.24) is 0 Å². The first-order chi connectivity index (χ1) is 12.3. The molecule has 0 aliphatic carbocycles. The van der Waals surface area contributed by atoms with Crippen molar-refractivity contribution in [3.05, 3.63) is 23.8 Å². The molecule has 0 atom stereocenters. The zero-order chi connectivity index (χ0) is 17.7. The number of rotatable bonds is 14. The van der Waals surface area contributed by atoms with Gasteiger partial charge in [-0.2, -0.15) is 0 Å². The molecule has 0 saturated heterocycles. The average molecular weight is 347 g/mol. The van der Waals surface area contributed by atoms with Crippen molar-refractivity contribution in [1.29, 1.82) is 0 Å². The highest BCUT2D eigenvalue weighted by Crippen LogP contribution is 2.32. The largest absolute Gasteiger partial charge is 0.454 e. The Morgan fingerprint density at radius 1 is 0.840 bits per heavy atom. The first-order valence-corrected chi connectivity index (χ1v) is 10.2. The van der Waals surface area contributed by atoms with Gasteiger partial charge in [0.25, 0.3) is 0 Å². The zero-order valence-electron chi connectivity index (χ0n) is 15.9. The lowest BCUT2D eigenvalue weighted by Crippen LogP contribution is -2.00. The fourth-order valence-electron chi connectivity index (χ4n) is 3.31.